The molecule has 0 fully saturated rings. The third-order valence-electron chi connectivity index (χ3n) is 3.27. The molecule has 2 aromatic rings. The van der Waals surface area contributed by atoms with E-state index >= 15 is 0 Å². The van der Waals surface area contributed by atoms with Gasteiger partial charge < -0.3 is 10.6 Å². The first-order chi connectivity index (χ1) is 10.3. The highest BCUT2D eigenvalue weighted by atomic mass is 16.2. The van der Waals surface area contributed by atoms with Gasteiger partial charge in [0.25, 0.3) is 0 Å². The van der Waals surface area contributed by atoms with E-state index in [1.165, 1.54) is 0 Å². The number of carbonyl (C=O) groups is 1. The average molecular weight is 286 g/mol. The predicted molar refractivity (Wildman–Crippen MR) is 82.9 cm³/mol. The molecule has 1 aromatic carbocycles. The Hall–Kier alpha value is -2.30. The summed E-state index contributed by atoms with van der Waals surface area (Å²) in [5.74, 6) is 0. The van der Waals surface area contributed by atoms with E-state index < -0.39 is 0 Å². The minimum atomic E-state index is -0.114. The van der Waals surface area contributed by atoms with Gasteiger partial charge in [-0.15, -0.1) is 0 Å². The van der Waals surface area contributed by atoms with Crippen LogP contribution in [0.15, 0.2) is 42.7 Å². The Morgan fingerprint density at radius 1 is 1.19 bits per heavy atom. The van der Waals surface area contributed by atoms with Crippen LogP contribution in [0.2, 0.25) is 0 Å². The number of nitrogens with zero attached hydrogens (tertiary/aromatic N) is 2. The first-order valence-corrected chi connectivity index (χ1v) is 7.35. The van der Waals surface area contributed by atoms with Gasteiger partial charge in [0.15, 0.2) is 0 Å². The summed E-state index contributed by atoms with van der Waals surface area (Å²) in [5, 5.41) is 9.96. The third-order valence-corrected chi connectivity index (χ3v) is 3.27. The van der Waals surface area contributed by atoms with E-state index in [0.717, 1.165) is 30.5 Å². The summed E-state index contributed by atoms with van der Waals surface area (Å²) >= 11 is 0. The van der Waals surface area contributed by atoms with E-state index in [4.69, 9.17) is 0 Å². The van der Waals surface area contributed by atoms with Crippen LogP contribution in [-0.2, 0) is 13.1 Å². The maximum Gasteiger partial charge on any atom is 0.315 e. The molecule has 5 heteroatoms. The van der Waals surface area contributed by atoms with Gasteiger partial charge >= 0.3 is 6.03 Å². The van der Waals surface area contributed by atoms with Gasteiger partial charge in [-0.3, -0.25) is 4.68 Å². The summed E-state index contributed by atoms with van der Waals surface area (Å²) in [6, 6.07) is 9.88. The molecule has 0 bridgehead atoms. The lowest BCUT2D eigenvalue weighted by Crippen LogP contribution is -2.35. The Bertz CT molecular complexity index is 551. The number of amides is 2. The van der Waals surface area contributed by atoms with Crippen molar-refractivity contribution in [2.45, 2.75) is 32.9 Å². The topological polar surface area (TPSA) is 59.0 Å². The molecule has 0 aliphatic rings. The molecule has 5 nitrogen and oxygen atoms in total. The standard InChI is InChI=1S/C16H22N4O/c1-2-3-9-17-16(21)18-12-14-7-4-5-8-15(14)13-20-11-6-10-19-20/h4-8,10-11H,2-3,9,12-13H2,1H3,(H2,17,18,21). The Morgan fingerprint density at radius 2 is 2.00 bits per heavy atom. The van der Waals surface area contributed by atoms with Crippen LogP contribution in [0.3, 0.4) is 0 Å². The van der Waals surface area contributed by atoms with Crippen molar-refractivity contribution in [1.82, 2.24) is 20.4 Å². The van der Waals surface area contributed by atoms with E-state index in [1.54, 1.807) is 6.20 Å². The Kier molecular flexibility index (Phi) is 5.82. The van der Waals surface area contributed by atoms with Crippen LogP contribution in [-0.4, -0.2) is 22.4 Å². The summed E-state index contributed by atoms with van der Waals surface area (Å²) in [6.45, 7) is 4.06. The second kappa shape index (κ2) is 8.09. The average Bonchev–Trinajstić information content (AvgIpc) is 3.00. The first-order valence-electron chi connectivity index (χ1n) is 7.35. The lowest BCUT2D eigenvalue weighted by atomic mass is 10.1. The number of benzene rings is 1. The quantitative estimate of drug-likeness (QED) is 0.768. The van der Waals surface area contributed by atoms with Crippen molar-refractivity contribution in [3.63, 3.8) is 0 Å². The van der Waals surface area contributed by atoms with E-state index in [0.29, 0.717) is 13.1 Å². The molecule has 2 N–H and O–H groups in total. The zero-order valence-corrected chi connectivity index (χ0v) is 12.4. The molecule has 21 heavy (non-hydrogen) atoms. The van der Waals surface area contributed by atoms with Crippen molar-refractivity contribution < 1.29 is 4.79 Å². The van der Waals surface area contributed by atoms with Gasteiger partial charge in [-0.2, -0.15) is 5.10 Å². The smallest absolute Gasteiger partial charge is 0.315 e. The Balaban J connectivity index is 1.89. The van der Waals surface area contributed by atoms with Crippen LogP contribution in [0.1, 0.15) is 30.9 Å². The van der Waals surface area contributed by atoms with Crippen molar-refractivity contribution >= 4 is 6.03 Å². The minimum absolute atomic E-state index is 0.114. The summed E-state index contributed by atoms with van der Waals surface area (Å²) < 4.78 is 1.88. The van der Waals surface area contributed by atoms with Gasteiger partial charge in [-0.25, -0.2) is 4.79 Å². The second-order valence-electron chi connectivity index (χ2n) is 4.94. The normalized spacial score (nSPS) is 10.3. The largest absolute Gasteiger partial charge is 0.338 e. The zero-order valence-electron chi connectivity index (χ0n) is 12.4. The summed E-state index contributed by atoms with van der Waals surface area (Å²) in [4.78, 5) is 11.7. The molecule has 0 saturated heterocycles. The van der Waals surface area contributed by atoms with Gasteiger partial charge in [0, 0.05) is 25.5 Å². The maximum atomic E-state index is 11.7. The molecule has 0 saturated carbocycles. The lowest BCUT2D eigenvalue weighted by Gasteiger charge is -2.11. The molecule has 2 amide bonds. The molecule has 1 aromatic heterocycles. The fourth-order valence-corrected chi connectivity index (χ4v) is 2.07. The summed E-state index contributed by atoms with van der Waals surface area (Å²) in [7, 11) is 0. The van der Waals surface area contributed by atoms with Crippen LogP contribution in [0.4, 0.5) is 4.79 Å². The van der Waals surface area contributed by atoms with Crippen LogP contribution < -0.4 is 10.6 Å². The number of unbranched alkanes of at least 4 members (excludes halogenated alkanes) is 1. The molecule has 2 rings (SSSR count). The molecule has 0 aliphatic carbocycles. The second-order valence-corrected chi connectivity index (χ2v) is 4.94. The Labute approximate surface area is 125 Å². The molecule has 112 valence electrons. The van der Waals surface area contributed by atoms with Crippen molar-refractivity contribution in [1.29, 1.82) is 0 Å². The molecule has 0 unspecified atom stereocenters. The lowest BCUT2D eigenvalue weighted by molar-refractivity contribution is 0.240. The fraction of sp³-hybridized carbons (Fsp3) is 0.375. The van der Waals surface area contributed by atoms with Crippen molar-refractivity contribution in [2.24, 2.45) is 0 Å². The van der Waals surface area contributed by atoms with Crippen LogP contribution >= 0.6 is 0 Å². The minimum Gasteiger partial charge on any atom is -0.338 e. The molecule has 1 heterocycles. The monoisotopic (exact) mass is 286 g/mol. The summed E-state index contributed by atoms with van der Waals surface area (Å²) in [5.41, 5.74) is 2.27. The van der Waals surface area contributed by atoms with E-state index in [2.05, 4.69) is 28.7 Å². The number of aromatic nitrogens is 2. The van der Waals surface area contributed by atoms with Crippen molar-refractivity contribution in [3.8, 4) is 0 Å². The zero-order chi connectivity index (χ0) is 14.9. The van der Waals surface area contributed by atoms with Crippen LogP contribution in [0, 0.1) is 0 Å². The first kappa shape index (κ1) is 15.1. The van der Waals surface area contributed by atoms with Crippen molar-refractivity contribution in [2.75, 3.05) is 6.54 Å². The molecular weight excluding hydrogens is 264 g/mol. The van der Waals surface area contributed by atoms with Gasteiger partial charge in [-0.1, -0.05) is 37.6 Å². The number of hydrogen-bond acceptors (Lipinski definition) is 2. The molecule has 0 radical (unpaired) electrons. The van der Waals surface area contributed by atoms with Gasteiger partial charge in [-0.05, 0) is 23.6 Å². The molecule has 0 spiro atoms. The van der Waals surface area contributed by atoms with Gasteiger partial charge in [0.2, 0.25) is 0 Å². The van der Waals surface area contributed by atoms with Crippen LogP contribution in [0.25, 0.3) is 0 Å². The van der Waals surface area contributed by atoms with Crippen molar-refractivity contribution in [3.05, 3.63) is 53.9 Å². The van der Waals surface area contributed by atoms with E-state index in [9.17, 15) is 4.79 Å². The highest BCUT2D eigenvalue weighted by molar-refractivity contribution is 5.73. The van der Waals surface area contributed by atoms with E-state index in [-0.39, 0.29) is 6.03 Å². The maximum absolute atomic E-state index is 11.7. The Morgan fingerprint density at radius 3 is 2.71 bits per heavy atom. The highest BCUT2D eigenvalue weighted by Gasteiger charge is 2.05. The fourth-order valence-electron chi connectivity index (χ4n) is 2.07. The summed E-state index contributed by atoms with van der Waals surface area (Å²) in [6.07, 6.45) is 5.78. The molecule has 0 aliphatic heterocycles. The predicted octanol–water partition coefficient (Wildman–Crippen LogP) is 2.53. The SMILES string of the molecule is CCCCNC(=O)NCc1ccccc1Cn1cccn1. The highest BCUT2D eigenvalue weighted by Crippen LogP contribution is 2.10. The number of carbonyl (C=O) groups excluding carboxylic acids is 1. The van der Waals surface area contributed by atoms with Gasteiger partial charge in [0.05, 0.1) is 6.54 Å². The molecular formula is C16H22N4O. The van der Waals surface area contributed by atoms with E-state index in [1.807, 2.05) is 35.1 Å². The number of nitrogens with one attached hydrogen (secondary N) is 2. The molecule has 0 atom stereocenters. The number of rotatable bonds is 7. The number of hydrogen-bond donors (Lipinski definition) is 2. The third kappa shape index (κ3) is 4.95. The van der Waals surface area contributed by atoms with Crippen LogP contribution in [0.5, 0.6) is 0 Å². The van der Waals surface area contributed by atoms with Gasteiger partial charge in [0.1, 0.15) is 0 Å². The number of urea groups is 1.